The van der Waals surface area contributed by atoms with Crippen molar-refractivity contribution in [2.75, 3.05) is 13.1 Å². The highest BCUT2D eigenvalue weighted by atomic mass is 35.5. The van der Waals surface area contributed by atoms with Gasteiger partial charge >= 0.3 is 0 Å². The van der Waals surface area contributed by atoms with E-state index >= 15 is 0 Å². The first-order chi connectivity index (χ1) is 9.36. The number of benzene rings is 1. The molecule has 0 bridgehead atoms. The molecule has 108 valence electrons. The molecule has 0 atom stereocenters. The lowest BCUT2D eigenvalue weighted by atomic mass is 10.1. The summed E-state index contributed by atoms with van der Waals surface area (Å²) in [6, 6.07) is 0. The fourth-order valence-corrected chi connectivity index (χ4v) is 3.69. The summed E-state index contributed by atoms with van der Waals surface area (Å²) in [7, 11) is 0. The summed E-state index contributed by atoms with van der Waals surface area (Å²) < 4.78 is 0. The van der Waals surface area contributed by atoms with Crippen LogP contribution in [0.4, 0.5) is 0 Å². The molecule has 0 amide bonds. The van der Waals surface area contributed by atoms with Crippen molar-refractivity contribution >= 4 is 68.8 Å². The van der Waals surface area contributed by atoms with Crippen LogP contribution in [0.1, 0.15) is 29.8 Å². The highest BCUT2D eigenvalue weighted by Crippen LogP contribution is 2.50. The van der Waals surface area contributed by atoms with E-state index in [1.807, 2.05) is 18.7 Å². The van der Waals surface area contributed by atoms with Crippen molar-refractivity contribution in [2.24, 2.45) is 0 Å². The van der Waals surface area contributed by atoms with E-state index in [0.717, 1.165) is 0 Å². The molecule has 0 fully saturated rings. The number of Topliss-reactive ketones (excluding diaryl/α,β-unsaturated/α-hetero) is 1. The standard InChI is InChI=1S/C13H10Cl5NO/c1-3-19(4-2)12-9(16)5-6(13(12)20)8(15)11(18)10(17)7(5)14/h3-4H2,1-2H3. The number of carbonyl (C=O) groups is 1. The molecule has 0 unspecified atom stereocenters. The molecule has 0 heterocycles. The second kappa shape index (κ2) is 5.94. The Morgan fingerprint density at radius 3 is 1.70 bits per heavy atom. The molecule has 0 radical (unpaired) electrons. The third kappa shape index (κ3) is 2.22. The number of likely N-dealkylation sites (N-methyl/N-ethyl adjacent to an activating group) is 1. The van der Waals surface area contributed by atoms with Crippen LogP contribution in [0.2, 0.25) is 20.1 Å². The van der Waals surface area contributed by atoms with Gasteiger partial charge in [0, 0.05) is 18.7 Å². The summed E-state index contributed by atoms with van der Waals surface area (Å²) >= 11 is 30.6. The number of rotatable bonds is 3. The van der Waals surface area contributed by atoms with Crippen LogP contribution < -0.4 is 0 Å². The Balaban J connectivity index is 2.77. The topological polar surface area (TPSA) is 20.3 Å². The van der Waals surface area contributed by atoms with Gasteiger partial charge in [-0.15, -0.1) is 0 Å². The SMILES string of the molecule is CCN(CC)C1=C(Cl)c2c(Cl)c(Cl)c(Cl)c(Cl)c2C1=O. The Bertz CT molecular complexity index is 634. The minimum absolute atomic E-state index is 0.0655. The largest absolute Gasteiger partial charge is 0.368 e. The predicted molar refractivity (Wildman–Crippen MR) is 86.5 cm³/mol. The molecule has 1 aliphatic carbocycles. The molecule has 0 N–H and O–H groups in total. The molecule has 0 saturated carbocycles. The quantitative estimate of drug-likeness (QED) is 0.497. The monoisotopic (exact) mass is 371 g/mol. The Kier molecular flexibility index (Phi) is 4.83. The van der Waals surface area contributed by atoms with Crippen LogP contribution in [-0.2, 0) is 0 Å². The fourth-order valence-electron chi connectivity index (χ4n) is 2.21. The highest BCUT2D eigenvalue weighted by Gasteiger charge is 2.37. The van der Waals surface area contributed by atoms with Crippen LogP contribution in [0.25, 0.3) is 5.03 Å². The van der Waals surface area contributed by atoms with Gasteiger partial charge in [0.15, 0.2) is 0 Å². The number of halogens is 5. The summed E-state index contributed by atoms with van der Waals surface area (Å²) in [6.07, 6.45) is 0. The number of hydrogen-bond donors (Lipinski definition) is 0. The molecule has 7 heteroatoms. The maximum atomic E-state index is 12.6. The molecule has 1 aromatic carbocycles. The first kappa shape index (κ1) is 16.3. The summed E-state index contributed by atoms with van der Waals surface area (Å²) in [5.74, 6) is -0.279. The van der Waals surface area contributed by atoms with Crippen LogP contribution in [0.3, 0.4) is 0 Å². The molecule has 0 saturated heterocycles. The summed E-state index contributed by atoms with van der Waals surface area (Å²) in [4.78, 5) is 14.4. The van der Waals surface area contributed by atoms with Gasteiger partial charge in [0.25, 0.3) is 0 Å². The Hall–Kier alpha value is -0.120. The maximum Gasteiger partial charge on any atom is 0.212 e. The van der Waals surface area contributed by atoms with Gasteiger partial charge in [0.05, 0.1) is 30.7 Å². The summed E-state index contributed by atoms with van der Waals surface area (Å²) in [6.45, 7) is 5.14. The van der Waals surface area contributed by atoms with E-state index < -0.39 is 0 Å². The maximum absolute atomic E-state index is 12.6. The molecule has 2 rings (SSSR count). The normalized spacial score (nSPS) is 14.1. The van der Waals surface area contributed by atoms with E-state index in [-0.39, 0.29) is 36.5 Å². The number of ketones is 1. The molecule has 0 aromatic heterocycles. The van der Waals surface area contributed by atoms with Crippen molar-refractivity contribution < 1.29 is 4.79 Å². The zero-order valence-corrected chi connectivity index (χ0v) is 14.4. The first-order valence-corrected chi connectivity index (χ1v) is 7.81. The van der Waals surface area contributed by atoms with Crippen molar-refractivity contribution in [3.63, 3.8) is 0 Å². The molecule has 1 aliphatic rings. The van der Waals surface area contributed by atoms with E-state index in [1.165, 1.54) is 0 Å². The highest BCUT2D eigenvalue weighted by molar-refractivity contribution is 6.60. The molecule has 20 heavy (non-hydrogen) atoms. The number of nitrogens with zero attached hydrogens (tertiary/aromatic N) is 1. The molecular formula is C13H10Cl5NO. The second-order valence-electron chi connectivity index (χ2n) is 4.17. The Labute approximate surface area is 142 Å². The van der Waals surface area contributed by atoms with Gasteiger partial charge in [-0.3, -0.25) is 4.79 Å². The van der Waals surface area contributed by atoms with Crippen molar-refractivity contribution in [2.45, 2.75) is 13.8 Å². The number of fused-ring (bicyclic) bond motifs is 1. The summed E-state index contributed by atoms with van der Waals surface area (Å²) in [5.41, 5.74) is 0.964. The van der Waals surface area contributed by atoms with Crippen molar-refractivity contribution in [3.8, 4) is 0 Å². The Morgan fingerprint density at radius 2 is 1.25 bits per heavy atom. The summed E-state index contributed by atoms with van der Waals surface area (Å²) in [5, 5.41) is 0.664. The molecule has 1 aromatic rings. The van der Waals surface area contributed by atoms with Gasteiger partial charge in [-0.1, -0.05) is 58.0 Å². The fraction of sp³-hybridized carbons (Fsp3) is 0.308. The van der Waals surface area contributed by atoms with Gasteiger partial charge in [0.1, 0.15) is 5.70 Å². The minimum Gasteiger partial charge on any atom is -0.368 e. The van der Waals surface area contributed by atoms with E-state index in [2.05, 4.69) is 0 Å². The smallest absolute Gasteiger partial charge is 0.212 e. The van der Waals surface area contributed by atoms with Crippen LogP contribution >= 0.6 is 58.0 Å². The lowest BCUT2D eigenvalue weighted by molar-refractivity contribution is 0.0999. The van der Waals surface area contributed by atoms with E-state index in [0.29, 0.717) is 24.4 Å². The van der Waals surface area contributed by atoms with E-state index in [1.54, 1.807) is 0 Å². The van der Waals surface area contributed by atoms with E-state index in [4.69, 9.17) is 58.0 Å². The minimum atomic E-state index is -0.279. The molecule has 2 nitrogen and oxygen atoms in total. The lowest BCUT2D eigenvalue weighted by Gasteiger charge is -2.21. The van der Waals surface area contributed by atoms with Crippen molar-refractivity contribution in [3.05, 3.63) is 36.9 Å². The first-order valence-electron chi connectivity index (χ1n) is 5.92. The van der Waals surface area contributed by atoms with Gasteiger partial charge in [-0.25, -0.2) is 0 Å². The zero-order valence-electron chi connectivity index (χ0n) is 10.7. The molecular weight excluding hydrogens is 363 g/mol. The zero-order chi connectivity index (χ0) is 15.2. The average molecular weight is 373 g/mol. The van der Waals surface area contributed by atoms with Crippen LogP contribution in [-0.4, -0.2) is 23.8 Å². The van der Waals surface area contributed by atoms with Crippen LogP contribution in [0.5, 0.6) is 0 Å². The Morgan fingerprint density at radius 1 is 0.800 bits per heavy atom. The number of carbonyl (C=O) groups excluding carboxylic acids is 1. The van der Waals surface area contributed by atoms with Crippen molar-refractivity contribution in [1.29, 1.82) is 0 Å². The lowest BCUT2D eigenvalue weighted by Crippen LogP contribution is -2.26. The third-order valence-corrected chi connectivity index (χ3v) is 5.39. The molecule has 0 spiro atoms. The van der Waals surface area contributed by atoms with Crippen molar-refractivity contribution in [1.82, 2.24) is 4.90 Å². The predicted octanol–water partition coefficient (Wildman–Crippen LogP) is 5.75. The van der Waals surface area contributed by atoms with Gasteiger partial charge in [-0.05, 0) is 13.8 Å². The second-order valence-corrected chi connectivity index (χ2v) is 6.06. The molecule has 0 aliphatic heterocycles. The number of hydrogen-bond acceptors (Lipinski definition) is 2. The average Bonchev–Trinajstić information content (AvgIpc) is 2.69. The van der Waals surface area contributed by atoms with Crippen LogP contribution in [0, 0.1) is 0 Å². The van der Waals surface area contributed by atoms with E-state index in [9.17, 15) is 4.79 Å². The van der Waals surface area contributed by atoms with Gasteiger partial charge in [0.2, 0.25) is 5.78 Å². The van der Waals surface area contributed by atoms with Gasteiger partial charge < -0.3 is 4.90 Å². The third-order valence-electron chi connectivity index (χ3n) is 3.22. The van der Waals surface area contributed by atoms with Gasteiger partial charge in [-0.2, -0.15) is 0 Å². The van der Waals surface area contributed by atoms with Crippen LogP contribution in [0.15, 0.2) is 5.70 Å². The number of allylic oxidation sites excluding steroid dienone is 1.